The maximum atomic E-state index is 12.5. The number of aromatic nitrogens is 2. The van der Waals surface area contributed by atoms with Crippen molar-refractivity contribution in [3.8, 4) is 5.75 Å². The second-order valence-electron chi connectivity index (χ2n) is 5.65. The van der Waals surface area contributed by atoms with E-state index in [0.29, 0.717) is 22.9 Å². The first-order valence-corrected chi connectivity index (χ1v) is 8.31. The van der Waals surface area contributed by atoms with Gasteiger partial charge in [0.2, 0.25) is 6.10 Å². The number of carbonyl (C=O) groups excluding carboxylic acids is 1. The average Bonchev–Trinajstić information content (AvgIpc) is 3.21. The molecule has 1 aliphatic rings. The number of carbonyl (C=O) groups is 1. The number of halogens is 1. The molecule has 2 aromatic rings. The highest BCUT2D eigenvalue weighted by Gasteiger charge is 2.30. The van der Waals surface area contributed by atoms with Crippen molar-refractivity contribution >= 4 is 28.9 Å². The van der Waals surface area contributed by atoms with Crippen LogP contribution in [0.1, 0.15) is 24.6 Å². The van der Waals surface area contributed by atoms with Gasteiger partial charge >= 0.3 is 0 Å². The Kier molecular flexibility index (Phi) is 4.94. The van der Waals surface area contributed by atoms with Gasteiger partial charge in [-0.15, -0.1) is 0 Å². The Balaban J connectivity index is 1.70. The van der Waals surface area contributed by atoms with E-state index in [9.17, 15) is 4.79 Å². The second-order valence-corrected chi connectivity index (χ2v) is 6.09. The van der Waals surface area contributed by atoms with Crippen LogP contribution in [0.5, 0.6) is 5.75 Å². The number of anilines is 1. The maximum Gasteiger partial charge on any atom is 0.268 e. The lowest BCUT2D eigenvalue weighted by Gasteiger charge is -2.12. The number of amides is 1. The van der Waals surface area contributed by atoms with Crippen LogP contribution in [-0.2, 0) is 16.2 Å². The molecule has 0 saturated carbocycles. The minimum absolute atomic E-state index is 0.306. The predicted molar refractivity (Wildman–Crippen MR) is 95.3 cm³/mol. The molecule has 2 heterocycles. The highest BCUT2D eigenvalue weighted by atomic mass is 35.5. The molecule has 0 fully saturated rings. The first-order valence-electron chi connectivity index (χ1n) is 7.93. The SMILES string of the molecule is CCn1cc(C2=NOC(C(=O)Nc3cc(Cl)ccc3OC)C2)c(C)n1. The number of ether oxygens (including phenoxy) is 1. The van der Waals surface area contributed by atoms with Crippen LogP contribution in [-0.4, -0.2) is 34.6 Å². The van der Waals surface area contributed by atoms with Gasteiger partial charge in [0.1, 0.15) is 5.75 Å². The lowest BCUT2D eigenvalue weighted by molar-refractivity contribution is -0.125. The van der Waals surface area contributed by atoms with Crippen LogP contribution in [0.2, 0.25) is 5.02 Å². The van der Waals surface area contributed by atoms with Gasteiger partial charge in [-0.3, -0.25) is 9.48 Å². The third-order valence-corrected chi connectivity index (χ3v) is 4.20. The smallest absolute Gasteiger partial charge is 0.268 e. The Labute approximate surface area is 150 Å². The van der Waals surface area contributed by atoms with E-state index in [4.69, 9.17) is 21.2 Å². The summed E-state index contributed by atoms with van der Waals surface area (Å²) in [4.78, 5) is 17.8. The summed E-state index contributed by atoms with van der Waals surface area (Å²) in [6.07, 6.45) is 1.59. The Hall–Kier alpha value is -2.54. The van der Waals surface area contributed by atoms with Crippen LogP contribution in [0, 0.1) is 6.92 Å². The largest absolute Gasteiger partial charge is 0.495 e. The zero-order valence-electron chi connectivity index (χ0n) is 14.2. The van der Waals surface area contributed by atoms with Gasteiger partial charge in [0.15, 0.2) is 0 Å². The molecular weight excluding hydrogens is 344 g/mol. The molecule has 25 heavy (non-hydrogen) atoms. The number of methoxy groups -OCH3 is 1. The van der Waals surface area contributed by atoms with Gasteiger partial charge in [0.05, 0.1) is 24.2 Å². The minimum atomic E-state index is -0.705. The van der Waals surface area contributed by atoms with E-state index >= 15 is 0 Å². The van der Waals surface area contributed by atoms with E-state index in [1.165, 1.54) is 7.11 Å². The van der Waals surface area contributed by atoms with Gasteiger partial charge in [0, 0.05) is 29.7 Å². The van der Waals surface area contributed by atoms with Crippen LogP contribution < -0.4 is 10.1 Å². The molecule has 7 nitrogen and oxygen atoms in total. The second kappa shape index (κ2) is 7.14. The Bertz CT molecular complexity index is 831. The summed E-state index contributed by atoms with van der Waals surface area (Å²) in [5.74, 6) is 0.219. The summed E-state index contributed by atoms with van der Waals surface area (Å²) in [5, 5.41) is 11.7. The van der Waals surface area contributed by atoms with E-state index in [-0.39, 0.29) is 5.91 Å². The normalized spacial score (nSPS) is 16.3. The first-order chi connectivity index (χ1) is 12.0. The average molecular weight is 363 g/mol. The molecule has 1 amide bonds. The third kappa shape index (κ3) is 3.61. The van der Waals surface area contributed by atoms with Crippen molar-refractivity contribution in [2.45, 2.75) is 32.9 Å². The molecule has 3 rings (SSSR count). The summed E-state index contributed by atoms with van der Waals surface area (Å²) < 4.78 is 7.06. The number of hydrogen-bond donors (Lipinski definition) is 1. The van der Waals surface area contributed by atoms with E-state index in [2.05, 4.69) is 15.6 Å². The van der Waals surface area contributed by atoms with Crippen LogP contribution in [0.3, 0.4) is 0 Å². The number of nitrogens with one attached hydrogen (secondary N) is 1. The summed E-state index contributed by atoms with van der Waals surface area (Å²) in [6, 6.07) is 5.01. The molecule has 1 unspecified atom stereocenters. The molecule has 132 valence electrons. The fraction of sp³-hybridized carbons (Fsp3) is 0.353. The first kappa shape index (κ1) is 17.3. The molecule has 0 radical (unpaired) electrons. The topological polar surface area (TPSA) is 77.7 Å². The summed E-state index contributed by atoms with van der Waals surface area (Å²) in [5.41, 5.74) is 2.97. The molecule has 1 aromatic carbocycles. The minimum Gasteiger partial charge on any atom is -0.495 e. The van der Waals surface area contributed by atoms with Crippen molar-refractivity contribution in [2.75, 3.05) is 12.4 Å². The highest BCUT2D eigenvalue weighted by Crippen LogP contribution is 2.28. The van der Waals surface area contributed by atoms with Crippen molar-refractivity contribution in [1.82, 2.24) is 9.78 Å². The molecular formula is C17H19ClN4O3. The molecule has 1 N–H and O–H groups in total. The molecule has 0 aliphatic carbocycles. The number of nitrogens with zero attached hydrogens (tertiary/aromatic N) is 3. The van der Waals surface area contributed by atoms with Crippen molar-refractivity contribution < 1.29 is 14.4 Å². The highest BCUT2D eigenvalue weighted by molar-refractivity contribution is 6.31. The van der Waals surface area contributed by atoms with Crippen LogP contribution in [0.4, 0.5) is 5.69 Å². The predicted octanol–water partition coefficient (Wildman–Crippen LogP) is 3.01. The molecule has 1 aliphatic heterocycles. The quantitative estimate of drug-likeness (QED) is 0.886. The van der Waals surface area contributed by atoms with E-state index < -0.39 is 6.10 Å². The lowest BCUT2D eigenvalue weighted by atomic mass is 10.1. The van der Waals surface area contributed by atoms with Crippen molar-refractivity contribution in [2.24, 2.45) is 5.16 Å². The maximum absolute atomic E-state index is 12.5. The monoisotopic (exact) mass is 362 g/mol. The molecule has 1 aromatic heterocycles. The van der Waals surface area contributed by atoms with E-state index in [1.807, 2.05) is 24.7 Å². The third-order valence-electron chi connectivity index (χ3n) is 3.96. The Morgan fingerprint density at radius 3 is 3.00 bits per heavy atom. The fourth-order valence-corrected chi connectivity index (χ4v) is 2.80. The van der Waals surface area contributed by atoms with Crippen LogP contribution in [0.25, 0.3) is 0 Å². The zero-order chi connectivity index (χ0) is 18.0. The summed E-state index contributed by atoms with van der Waals surface area (Å²) >= 11 is 5.98. The number of oxime groups is 1. The van der Waals surface area contributed by atoms with Crippen LogP contribution in [0.15, 0.2) is 29.6 Å². The molecule has 8 heteroatoms. The fourth-order valence-electron chi connectivity index (χ4n) is 2.63. The van der Waals surface area contributed by atoms with Crippen molar-refractivity contribution in [3.63, 3.8) is 0 Å². The van der Waals surface area contributed by atoms with Gasteiger partial charge in [0.25, 0.3) is 5.91 Å². The van der Waals surface area contributed by atoms with E-state index in [1.54, 1.807) is 18.2 Å². The molecule has 1 atom stereocenters. The Morgan fingerprint density at radius 2 is 2.32 bits per heavy atom. The van der Waals surface area contributed by atoms with E-state index in [0.717, 1.165) is 23.5 Å². The standard InChI is InChI=1S/C17H19ClN4O3/c1-4-22-9-12(10(2)20-22)13-8-16(25-21-13)17(23)19-14-7-11(18)5-6-15(14)24-3/h5-7,9,16H,4,8H2,1-3H3,(H,19,23). The zero-order valence-corrected chi connectivity index (χ0v) is 15.0. The lowest BCUT2D eigenvalue weighted by Crippen LogP contribution is -2.28. The summed E-state index contributed by atoms with van der Waals surface area (Å²) in [6.45, 7) is 4.69. The van der Waals surface area contributed by atoms with Crippen molar-refractivity contribution in [1.29, 1.82) is 0 Å². The number of aryl methyl sites for hydroxylation is 2. The number of benzene rings is 1. The van der Waals surface area contributed by atoms with Gasteiger partial charge in [-0.05, 0) is 32.0 Å². The van der Waals surface area contributed by atoms with Gasteiger partial charge < -0.3 is 14.9 Å². The molecule has 0 spiro atoms. The number of rotatable bonds is 5. The van der Waals surface area contributed by atoms with Gasteiger partial charge in [-0.1, -0.05) is 16.8 Å². The Morgan fingerprint density at radius 1 is 1.52 bits per heavy atom. The summed E-state index contributed by atoms with van der Waals surface area (Å²) in [7, 11) is 1.53. The van der Waals surface area contributed by atoms with Crippen LogP contribution >= 0.6 is 11.6 Å². The molecule has 0 bridgehead atoms. The van der Waals surface area contributed by atoms with Gasteiger partial charge in [-0.25, -0.2) is 0 Å². The van der Waals surface area contributed by atoms with Crippen molar-refractivity contribution in [3.05, 3.63) is 40.7 Å². The molecule has 0 saturated heterocycles. The van der Waals surface area contributed by atoms with Gasteiger partial charge in [-0.2, -0.15) is 5.10 Å². The number of hydrogen-bond acceptors (Lipinski definition) is 5.